The van der Waals surface area contributed by atoms with Gasteiger partial charge in [0, 0.05) is 18.2 Å². The Morgan fingerprint density at radius 3 is 2.62 bits per heavy atom. The van der Waals surface area contributed by atoms with Crippen LogP contribution in [-0.2, 0) is 6.54 Å². The lowest BCUT2D eigenvalue weighted by Gasteiger charge is -2.13. The van der Waals surface area contributed by atoms with Gasteiger partial charge in [-0.15, -0.1) is 13.2 Å². The summed E-state index contributed by atoms with van der Waals surface area (Å²) in [6.07, 6.45) is -4.45. The minimum atomic E-state index is -4.81. The normalized spacial score (nSPS) is 11.3. The minimum Gasteiger partial charge on any atom is -0.405 e. The third-order valence-electron chi connectivity index (χ3n) is 1.86. The highest BCUT2D eigenvalue weighted by atomic mass is 19.4. The van der Waals surface area contributed by atoms with Gasteiger partial charge in [0.05, 0.1) is 5.69 Å². The van der Waals surface area contributed by atoms with Crippen molar-refractivity contribution in [2.75, 3.05) is 0 Å². The van der Waals surface area contributed by atoms with Crippen molar-refractivity contribution in [1.82, 2.24) is 4.98 Å². The van der Waals surface area contributed by atoms with Gasteiger partial charge in [-0.25, -0.2) is 4.98 Å². The highest BCUT2D eigenvalue weighted by molar-refractivity contribution is 5.75. The van der Waals surface area contributed by atoms with E-state index in [1.165, 1.54) is 6.92 Å². The van der Waals surface area contributed by atoms with Gasteiger partial charge in [0.2, 0.25) is 0 Å². The third kappa shape index (κ3) is 2.93. The van der Waals surface area contributed by atoms with Crippen LogP contribution in [0.4, 0.5) is 13.2 Å². The first-order chi connectivity index (χ1) is 7.37. The molecule has 16 heavy (non-hydrogen) atoms. The summed E-state index contributed by atoms with van der Waals surface area (Å²) >= 11 is 0. The van der Waals surface area contributed by atoms with Gasteiger partial charge >= 0.3 is 6.36 Å². The number of rotatable bonds is 3. The summed E-state index contributed by atoms with van der Waals surface area (Å²) in [7, 11) is 0. The highest BCUT2D eigenvalue weighted by Crippen LogP contribution is 2.27. The van der Waals surface area contributed by atoms with E-state index in [0.717, 1.165) is 6.07 Å². The summed E-state index contributed by atoms with van der Waals surface area (Å²) < 4.78 is 39.9. The Hall–Kier alpha value is -1.63. The molecule has 0 atom stereocenters. The molecule has 0 amide bonds. The molecule has 0 aliphatic rings. The van der Waals surface area contributed by atoms with Crippen LogP contribution < -0.4 is 10.5 Å². The van der Waals surface area contributed by atoms with Crippen molar-refractivity contribution in [1.29, 1.82) is 0 Å². The molecule has 1 rings (SSSR count). The van der Waals surface area contributed by atoms with E-state index in [2.05, 4.69) is 9.72 Å². The zero-order chi connectivity index (χ0) is 12.3. The van der Waals surface area contributed by atoms with Gasteiger partial charge in [0.15, 0.2) is 6.29 Å². The number of hydrogen-bond donors (Lipinski definition) is 1. The molecule has 88 valence electrons. The molecule has 0 aromatic carbocycles. The second-order valence-corrected chi connectivity index (χ2v) is 2.99. The topological polar surface area (TPSA) is 65.2 Å². The SMILES string of the molecule is Cc1c(OC(F)(F)F)cc(CN)nc1C=O. The number of alkyl halides is 3. The molecule has 0 unspecified atom stereocenters. The monoisotopic (exact) mass is 234 g/mol. The van der Waals surface area contributed by atoms with Crippen LogP contribution in [0, 0.1) is 6.92 Å². The summed E-state index contributed by atoms with van der Waals surface area (Å²) in [5.74, 6) is -0.454. The van der Waals surface area contributed by atoms with Crippen LogP contribution in [0.5, 0.6) is 5.75 Å². The lowest BCUT2D eigenvalue weighted by atomic mass is 10.2. The van der Waals surface area contributed by atoms with Gasteiger partial charge in [0.25, 0.3) is 0 Å². The summed E-state index contributed by atoms with van der Waals surface area (Å²) in [5.41, 5.74) is 5.32. The molecule has 1 aromatic rings. The zero-order valence-corrected chi connectivity index (χ0v) is 8.34. The van der Waals surface area contributed by atoms with Crippen LogP contribution in [0.2, 0.25) is 0 Å². The maximum Gasteiger partial charge on any atom is 0.573 e. The van der Waals surface area contributed by atoms with Gasteiger partial charge in [-0.05, 0) is 6.92 Å². The van der Waals surface area contributed by atoms with Crippen LogP contribution in [-0.4, -0.2) is 17.6 Å². The number of carbonyl (C=O) groups excluding carboxylic acids is 1. The fourth-order valence-electron chi connectivity index (χ4n) is 1.11. The first kappa shape index (κ1) is 12.4. The predicted molar refractivity (Wildman–Crippen MR) is 48.9 cm³/mol. The lowest BCUT2D eigenvalue weighted by Crippen LogP contribution is -2.19. The molecule has 0 aliphatic carbocycles. The molecule has 0 radical (unpaired) electrons. The molecule has 0 spiro atoms. The fourth-order valence-corrected chi connectivity index (χ4v) is 1.11. The van der Waals surface area contributed by atoms with Gasteiger partial charge < -0.3 is 10.5 Å². The number of carbonyl (C=O) groups is 1. The van der Waals surface area contributed by atoms with Gasteiger partial charge in [-0.1, -0.05) is 0 Å². The van der Waals surface area contributed by atoms with Crippen molar-refractivity contribution in [3.05, 3.63) is 23.0 Å². The van der Waals surface area contributed by atoms with Crippen LogP contribution in [0.15, 0.2) is 6.07 Å². The molecule has 4 nitrogen and oxygen atoms in total. The van der Waals surface area contributed by atoms with Crippen molar-refractivity contribution in [3.63, 3.8) is 0 Å². The zero-order valence-electron chi connectivity index (χ0n) is 8.34. The number of aldehydes is 1. The summed E-state index contributed by atoms with van der Waals surface area (Å²) in [6, 6.07) is 1.07. The van der Waals surface area contributed by atoms with Crippen molar-refractivity contribution in [2.24, 2.45) is 5.73 Å². The smallest absolute Gasteiger partial charge is 0.405 e. The molecule has 0 aliphatic heterocycles. The minimum absolute atomic E-state index is 0.0320. The van der Waals surface area contributed by atoms with Gasteiger partial charge in [0.1, 0.15) is 11.4 Å². The molecule has 0 fully saturated rings. The summed E-state index contributed by atoms with van der Waals surface area (Å²) in [6.45, 7) is 1.24. The molecule has 1 heterocycles. The van der Waals surface area contributed by atoms with E-state index < -0.39 is 12.1 Å². The first-order valence-corrected chi connectivity index (χ1v) is 4.29. The molecule has 0 bridgehead atoms. The molecular formula is C9H9F3N2O2. The number of hydrogen-bond acceptors (Lipinski definition) is 4. The predicted octanol–water partition coefficient (Wildman–Crippen LogP) is 1.56. The third-order valence-corrected chi connectivity index (χ3v) is 1.86. The van der Waals surface area contributed by atoms with Crippen molar-refractivity contribution in [2.45, 2.75) is 19.8 Å². The van der Waals surface area contributed by atoms with Gasteiger partial charge in [-0.3, -0.25) is 4.79 Å². The Bertz CT molecular complexity index is 404. The van der Waals surface area contributed by atoms with E-state index >= 15 is 0 Å². The number of halogens is 3. The molecule has 2 N–H and O–H groups in total. The Labute approximate surface area is 89.2 Å². The van der Waals surface area contributed by atoms with E-state index in [1.807, 2.05) is 0 Å². The van der Waals surface area contributed by atoms with Crippen LogP contribution >= 0.6 is 0 Å². The summed E-state index contributed by atoms with van der Waals surface area (Å²) in [5, 5.41) is 0. The van der Waals surface area contributed by atoms with E-state index in [4.69, 9.17) is 5.73 Å². The molecule has 7 heteroatoms. The van der Waals surface area contributed by atoms with Crippen LogP contribution in [0.25, 0.3) is 0 Å². The number of pyridine rings is 1. The average molecular weight is 234 g/mol. The number of nitrogens with two attached hydrogens (primary N) is 1. The second-order valence-electron chi connectivity index (χ2n) is 2.99. The molecular weight excluding hydrogens is 225 g/mol. The molecule has 0 saturated heterocycles. The van der Waals surface area contributed by atoms with Gasteiger partial charge in [-0.2, -0.15) is 0 Å². The Morgan fingerprint density at radius 2 is 2.19 bits per heavy atom. The maximum atomic E-state index is 12.0. The second kappa shape index (κ2) is 4.48. The number of ether oxygens (including phenoxy) is 1. The van der Waals surface area contributed by atoms with E-state index in [-0.39, 0.29) is 23.5 Å². The summed E-state index contributed by atoms with van der Waals surface area (Å²) in [4.78, 5) is 14.3. The Morgan fingerprint density at radius 1 is 1.56 bits per heavy atom. The largest absolute Gasteiger partial charge is 0.573 e. The van der Waals surface area contributed by atoms with E-state index in [0.29, 0.717) is 6.29 Å². The Balaban J connectivity index is 3.21. The van der Waals surface area contributed by atoms with Crippen molar-refractivity contribution >= 4 is 6.29 Å². The molecule has 1 aromatic heterocycles. The van der Waals surface area contributed by atoms with E-state index in [9.17, 15) is 18.0 Å². The maximum absolute atomic E-state index is 12.0. The van der Waals surface area contributed by atoms with Crippen LogP contribution in [0.1, 0.15) is 21.7 Å². The first-order valence-electron chi connectivity index (χ1n) is 4.29. The fraction of sp³-hybridized carbons (Fsp3) is 0.333. The number of aromatic nitrogens is 1. The van der Waals surface area contributed by atoms with E-state index in [1.54, 1.807) is 0 Å². The quantitative estimate of drug-likeness (QED) is 0.806. The highest BCUT2D eigenvalue weighted by Gasteiger charge is 2.32. The van der Waals surface area contributed by atoms with Crippen molar-refractivity contribution < 1.29 is 22.7 Å². The molecule has 0 saturated carbocycles. The standard InChI is InChI=1S/C9H9F3N2O2/c1-5-7(4-15)14-6(3-13)2-8(5)16-9(10,11)12/h2,4H,3,13H2,1H3. The van der Waals surface area contributed by atoms with Crippen LogP contribution in [0.3, 0.4) is 0 Å². The average Bonchev–Trinajstić information content (AvgIpc) is 2.19. The Kier molecular flexibility index (Phi) is 3.48. The van der Waals surface area contributed by atoms with Crippen molar-refractivity contribution in [3.8, 4) is 5.75 Å². The number of nitrogens with zero attached hydrogens (tertiary/aromatic N) is 1. The lowest BCUT2D eigenvalue weighted by molar-refractivity contribution is -0.274.